The molecule has 47 heavy (non-hydrogen) atoms. The van der Waals surface area contributed by atoms with E-state index in [2.05, 4.69) is 37.9 Å². The molecule has 0 radical (unpaired) electrons. The summed E-state index contributed by atoms with van der Waals surface area (Å²) in [5.74, 6) is 0.753. The number of carbonyl (C=O) groups excluding carboxylic acids is 2. The number of rotatable bonds is 14. The first kappa shape index (κ1) is 33.8. The molecule has 5 rings (SSSR count). The normalized spacial score (nSPS) is 15.7. The molecule has 3 aromatic rings. The van der Waals surface area contributed by atoms with Crippen LogP contribution in [0.4, 0.5) is 10.5 Å². The largest absolute Gasteiger partial charge is 0.508 e. The van der Waals surface area contributed by atoms with E-state index in [0.717, 1.165) is 82.1 Å². The standard InChI is InChI=1S/C37H47N5O5/c1-3-47-36(44)29-13-15-31(16-14-29)39-37(45)40-33(25-27-11-17-32(43)18-12-27)35(28-8-6-9-28)38-19-20-41-21-23-42(24-22-41)26-30-7-4-5-10-34(30)46-2/h4-5,7,10-18,33,38,43H,3,6,8-9,19-26H2,1-2H3,(H2,39,40,45)/t33-/m0/s1. The van der Waals surface area contributed by atoms with E-state index in [9.17, 15) is 14.7 Å². The molecule has 2 fully saturated rings. The summed E-state index contributed by atoms with van der Waals surface area (Å²) >= 11 is 0. The predicted octanol–water partition coefficient (Wildman–Crippen LogP) is 5.16. The van der Waals surface area contributed by atoms with Crippen molar-refractivity contribution in [1.82, 2.24) is 20.4 Å². The average molecular weight is 642 g/mol. The van der Waals surface area contributed by atoms with Crippen molar-refractivity contribution >= 4 is 17.7 Å². The van der Waals surface area contributed by atoms with Crippen molar-refractivity contribution in [1.29, 1.82) is 0 Å². The van der Waals surface area contributed by atoms with E-state index in [0.29, 0.717) is 24.3 Å². The minimum absolute atomic E-state index is 0.209. The van der Waals surface area contributed by atoms with Gasteiger partial charge in [-0.25, -0.2) is 9.59 Å². The van der Waals surface area contributed by atoms with Gasteiger partial charge in [0.1, 0.15) is 11.5 Å². The van der Waals surface area contributed by atoms with Crippen molar-refractivity contribution < 1.29 is 24.2 Å². The highest BCUT2D eigenvalue weighted by atomic mass is 16.5. The summed E-state index contributed by atoms with van der Waals surface area (Å²) in [6.07, 6.45) is 3.73. The Labute approximate surface area is 277 Å². The number of allylic oxidation sites excluding steroid dienone is 1. The number of phenolic OH excluding ortho intramolecular Hbond substituents is 1. The number of para-hydroxylation sites is 1. The second-order valence-electron chi connectivity index (χ2n) is 12.0. The van der Waals surface area contributed by atoms with Crippen molar-refractivity contribution in [3.63, 3.8) is 0 Å². The molecular weight excluding hydrogens is 594 g/mol. The third-order valence-electron chi connectivity index (χ3n) is 8.82. The van der Waals surface area contributed by atoms with Gasteiger partial charge in [-0.15, -0.1) is 0 Å². The lowest BCUT2D eigenvalue weighted by molar-refractivity contribution is 0.0526. The second-order valence-corrected chi connectivity index (χ2v) is 12.0. The molecule has 10 heteroatoms. The number of nitrogens with one attached hydrogen (secondary N) is 3. The average Bonchev–Trinajstić information content (AvgIpc) is 3.05. The second kappa shape index (κ2) is 16.9. The maximum atomic E-state index is 13.3. The number of methoxy groups -OCH3 is 1. The summed E-state index contributed by atoms with van der Waals surface area (Å²) in [4.78, 5) is 30.3. The zero-order valence-corrected chi connectivity index (χ0v) is 27.5. The van der Waals surface area contributed by atoms with Crippen molar-refractivity contribution in [3.8, 4) is 11.5 Å². The van der Waals surface area contributed by atoms with Gasteiger partial charge in [0.05, 0.1) is 25.3 Å². The van der Waals surface area contributed by atoms with Gasteiger partial charge in [-0.3, -0.25) is 9.80 Å². The molecule has 1 saturated heterocycles. The minimum atomic E-state index is -0.393. The van der Waals surface area contributed by atoms with E-state index in [1.165, 1.54) is 11.1 Å². The maximum absolute atomic E-state index is 13.3. The lowest BCUT2D eigenvalue weighted by Gasteiger charge is -2.35. The van der Waals surface area contributed by atoms with Crippen LogP contribution in [0.15, 0.2) is 84.1 Å². The fourth-order valence-electron chi connectivity index (χ4n) is 6.03. The van der Waals surface area contributed by atoms with Gasteiger partial charge in [0.2, 0.25) is 0 Å². The topological polar surface area (TPSA) is 115 Å². The Balaban J connectivity index is 1.19. The number of phenols is 1. The van der Waals surface area contributed by atoms with Gasteiger partial charge in [0, 0.05) is 62.8 Å². The van der Waals surface area contributed by atoms with Gasteiger partial charge < -0.3 is 30.5 Å². The Morgan fingerprint density at radius 1 is 0.915 bits per heavy atom. The summed E-state index contributed by atoms with van der Waals surface area (Å²) in [5.41, 5.74) is 5.65. The van der Waals surface area contributed by atoms with Crippen LogP contribution >= 0.6 is 0 Å². The Bertz CT molecular complexity index is 1490. The van der Waals surface area contributed by atoms with Crippen molar-refractivity contribution in [2.24, 2.45) is 0 Å². The molecule has 0 bridgehead atoms. The number of aromatic hydroxyl groups is 1. The molecular formula is C37H47N5O5. The molecule has 250 valence electrons. The maximum Gasteiger partial charge on any atom is 0.338 e. The molecule has 3 aromatic carbocycles. The lowest BCUT2D eigenvalue weighted by Crippen LogP contribution is -2.49. The molecule has 1 atom stereocenters. The molecule has 0 unspecified atom stereocenters. The Morgan fingerprint density at radius 3 is 2.28 bits per heavy atom. The van der Waals surface area contributed by atoms with Crippen LogP contribution in [0.2, 0.25) is 0 Å². The molecule has 0 spiro atoms. The number of esters is 1. The fraction of sp³-hybridized carbons (Fsp3) is 0.405. The molecule has 1 aliphatic carbocycles. The molecule has 4 N–H and O–H groups in total. The first-order valence-corrected chi connectivity index (χ1v) is 16.6. The molecule has 1 saturated carbocycles. The van der Waals surface area contributed by atoms with Crippen LogP contribution in [-0.4, -0.2) is 85.9 Å². The molecule has 1 heterocycles. The highest BCUT2D eigenvalue weighted by molar-refractivity contribution is 5.92. The van der Waals surface area contributed by atoms with Gasteiger partial charge in [-0.05, 0) is 86.2 Å². The molecule has 2 aliphatic rings. The van der Waals surface area contributed by atoms with E-state index in [4.69, 9.17) is 9.47 Å². The first-order valence-electron chi connectivity index (χ1n) is 16.6. The van der Waals surface area contributed by atoms with Crippen LogP contribution in [-0.2, 0) is 17.7 Å². The number of benzene rings is 3. The molecule has 1 aliphatic heterocycles. The molecule has 10 nitrogen and oxygen atoms in total. The SMILES string of the molecule is CCOC(=O)c1ccc(NC(=O)N[C@@H](Cc2ccc(O)cc2)C(NCCN2CCN(Cc3ccccc3OC)CC2)=C2CCC2)cc1. The summed E-state index contributed by atoms with van der Waals surface area (Å²) < 4.78 is 10.6. The van der Waals surface area contributed by atoms with E-state index < -0.39 is 5.97 Å². The van der Waals surface area contributed by atoms with Crippen LogP contribution in [0.5, 0.6) is 11.5 Å². The number of amides is 2. The van der Waals surface area contributed by atoms with Gasteiger partial charge in [0.25, 0.3) is 0 Å². The Kier molecular flexibility index (Phi) is 12.1. The number of hydrogen-bond donors (Lipinski definition) is 4. The van der Waals surface area contributed by atoms with Crippen molar-refractivity contribution in [3.05, 3.63) is 101 Å². The van der Waals surface area contributed by atoms with E-state index in [1.54, 1.807) is 50.4 Å². The van der Waals surface area contributed by atoms with Crippen LogP contribution in [0.25, 0.3) is 0 Å². The van der Waals surface area contributed by atoms with E-state index >= 15 is 0 Å². The van der Waals surface area contributed by atoms with Gasteiger partial charge >= 0.3 is 12.0 Å². The fourth-order valence-corrected chi connectivity index (χ4v) is 6.03. The summed E-state index contributed by atoms with van der Waals surface area (Å²) in [7, 11) is 1.72. The molecule has 0 aromatic heterocycles. The Hall–Kier alpha value is -4.54. The highest BCUT2D eigenvalue weighted by Crippen LogP contribution is 2.30. The van der Waals surface area contributed by atoms with Crippen molar-refractivity contribution in [2.45, 2.75) is 45.2 Å². The summed E-state index contributed by atoms with van der Waals surface area (Å²) in [6.45, 7) is 8.62. The lowest BCUT2D eigenvalue weighted by atomic mass is 9.87. The Morgan fingerprint density at radius 2 is 1.62 bits per heavy atom. The number of anilines is 1. The summed E-state index contributed by atoms with van der Waals surface area (Å²) in [5, 5.41) is 19.7. The molecule has 2 amide bonds. The quantitative estimate of drug-likeness (QED) is 0.179. The van der Waals surface area contributed by atoms with E-state index in [1.807, 2.05) is 24.3 Å². The number of hydrogen-bond acceptors (Lipinski definition) is 8. The third-order valence-corrected chi connectivity index (χ3v) is 8.82. The number of carbonyl (C=O) groups is 2. The van der Waals surface area contributed by atoms with Gasteiger partial charge in [-0.1, -0.05) is 30.3 Å². The number of nitrogens with zero attached hydrogens (tertiary/aromatic N) is 2. The number of urea groups is 1. The summed E-state index contributed by atoms with van der Waals surface area (Å²) in [6, 6.07) is 21.4. The monoisotopic (exact) mass is 641 g/mol. The highest BCUT2D eigenvalue weighted by Gasteiger charge is 2.25. The minimum Gasteiger partial charge on any atom is -0.508 e. The third kappa shape index (κ3) is 9.73. The van der Waals surface area contributed by atoms with E-state index in [-0.39, 0.29) is 17.8 Å². The van der Waals surface area contributed by atoms with Crippen LogP contribution in [0, 0.1) is 0 Å². The van der Waals surface area contributed by atoms with Crippen LogP contribution < -0.4 is 20.7 Å². The van der Waals surface area contributed by atoms with Gasteiger partial charge in [-0.2, -0.15) is 0 Å². The zero-order chi connectivity index (χ0) is 33.0. The number of piperazine rings is 1. The predicted molar refractivity (Wildman–Crippen MR) is 184 cm³/mol. The number of ether oxygens (including phenoxy) is 2. The van der Waals surface area contributed by atoms with Crippen LogP contribution in [0.3, 0.4) is 0 Å². The smallest absolute Gasteiger partial charge is 0.338 e. The first-order chi connectivity index (χ1) is 22.9. The van der Waals surface area contributed by atoms with Gasteiger partial charge in [0.15, 0.2) is 0 Å². The van der Waals surface area contributed by atoms with Crippen molar-refractivity contribution in [2.75, 3.05) is 58.3 Å². The zero-order valence-electron chi connectivity index (χ0n) is 27.5. The van der Waals surface area contributed by atoms with Crippen LogP contribution in [0.1, 0.15) is 47.7 Å².